The summed E-state index contributed by atoms with van der Waals surface area (Å²) >= 11 is 0. The van der Waals surface area contributed by atoms with Crippen LogP contribution in [-0.2, 0) is 23.1 Å². The van der Waals surface area contributed by atoms with Crippen LogP contribution in [0, 0.1) is 0 Å². The fraction of sp³-hybridized carbons (Fsp3) is 0.391. The molecule has 0 amide bonds. The van der Waals surface area contributed by atoms with Gasteiger partial charge in [0.15, 0.2) is 0 Å². The van der Waals surface area contributed by atoms with Crippen LogP contribution >= 0.6 is 0 Å². The highest BCUT2D eigenvalue weighted by atomic mass is 32.2. The van der Waals surface area contributed by atoms with Crippen molar-refractivity contribution in [3.63, 3.8) is 0 Å². The minimum atomic E-state index is -3.66. The Kier molecular flexibility index (Phi) is 9.36. The molecule has 0 fully saturated rings. The average Bonchev–Trinajstić information content (AvgIpc) is 2.77. The van der Waals surface area contributed by atoms with E-state index in [0.717, 1.165) is 11.1 Å². The first-order chi connectivity index (χ1) is 14.4. The summed E-state index contributed by atoms with van der Waals surface area (Å²) in [6, 6.07) is 14.7. The third-order valence-electron chi connectivity index (χ3n) is 4.96. The van der Waals surface area contributed by atoms with Gasteiger partial charge in [-0.3, -0.25) is 0 Å². The van der Waals surface area contributed by atoms with E-state index in [-0.39, 0.29) is 26.1 Å². The van der Waals surface area contributed by atoms with Crippen LogP contribution < -0.4 is 9.47 Å². The summed E-state index contributed by atoms with van der Waals surface area (Å²) in [7, 11) is -0.479. The van der Waals surface area contributed by atoms with E-state index in [9.17, 15) is 13.5 Å². The predicted octanol–water partition coefficient (Wildman–Crippen LogP) is 3.75. The molecule has 7 heteroatoms. The van der Waals surface area contributed by atoms with E-state index < -0.39 is 15.3 Å². The van der Waals surface area contributed by atoms with Crippen LogP contribution in [0.2, 0.25) is 0 Å². The van der Waals surface area contributed by atoms with Crippen molar-refractivity contribution in [3.8, 4) is 11.5 Å². The van der Waals surface area contributed by atoms with Crippen LogP contribution in [0.1, 0.15) is 30.4 Å². The normalized spacial score (nSPS) is 12.5. The minimum absolute atomic E-state index is 0.181. The smallest absolute Gasteiger partial charge is 0.217 e. The summed E-state index contributed by atoms with van der Waals surface area (Å²) in [5, 5.41) is 8.77. The highest BCUT2D eigenvalue weighted by Crippen LogP contribution is 2.24. The molecule has 2 aromatic carbocycles. The van der Waals surface area contributed by atoms with Crippen LogP contribution in [-0.4, -0.2) is 43.9 Å². The number of rotatable bonds is 13. The van der Waals surface area contributed by atoms with Gasteiger partial charge in [0.05, 0.1) is 19.5 Å². The van der Waals surface area contributed by atoms with Gasteiger partial charge in [0, 0.05) is 19.7 Å². The van der Waals surface area contributed by atoms with Crippen LogP contribution in [0.5, 0.6) is 11.5 Å². The fourth-order valence-corrected chi connectivity index (χ4v) is 5.12. The molecule has 2 aromatic rings. The second kappa shape index (κ2) is 11.7. The maximum absolute atomic E-state index is 13.5. The molecule has 0 saturated heterocycles. The first kappa shape index (κ1) is 23.9. The van der Waals surface area contributed by atoms with Crippen molar-refractivity contribution in [1.29, 1.82) is 0 Å². The summed E-state index contributed by atoms with van der Waals surface area (Å²) in [5.74, 6) is 1.43. The van der Waals surface area contributed by atoms with Gasteiger partial charge in [-0.05, 0) is 54.7 Å². The molecule has 1 N–H and O–H groups in total. The zero-order valence-corrected chi connectivity index (χ0v) is 18.5. The van der Waals surface area contributed by atoms with Gasteiger partial charge in [0.2, 0.25) is 10.0 Å². The molecule has 0 bridgehead atoms. The first-order valence-corrected chi connectivity index (χ1v) is 11.4. The Morgan fingerprint density at radius 3 is 1.77 bits per heavy atom. The molecular formula is C23H31NO5S. The van der Waals surface area contributed by atoms with Gasteiger partial charge in [-0.15, -0.1) is 6.58 Å². The summed E-state index contributed by atoms with van der Waals surface area (Å²) in [4.78, 5) is 0. The standard InChI is InChI=1S/C23H31NO5S/c1-4-5-6-23(15-16-25)30(26,27)24(17-19-7-11-21(28-2)12-8-19)18-20-9-13-22(29-3)14-10-20/h4,7-14,23,25H,1,5-6,15-18H2,2-3H3/t23-/m1/s1. The Labute approximate surface area is 179 Å². The molecule has 6 nitrogen and oxygen atoms in total. The van der Waals surface area contributed by atoms with Crippen molar-refractivity contribution >= 4 is 10.0 Å². The highest BCUT2D eigenvalue weighted by molar-refractivity contribution is 7.89. The number of aliphatic hydroxyl groups excluding tert-OH is 1. The van der Waals surface area contributed by atoms with Gasteiger partial charge in [-0.25, -0.2) is 8.42 Å². The second-order valence-electron chi connectivity index (χ2n) is 7.01. The fourth-order valence-electron chi connectivity index (χ4n) is 3.21. The summed E-state index contributed by atoms with van der Waals surface area (Å²) < 4.78 is 38.9. The lowest BCUT2D eigenvalue weighted by molar-refractivity contribution is 0.280. The SMILES string of the molecule is C=CCC[C@H](CCO)S(=O)(=O)N(Cc1ccc(OC)cc1)Cc1ccc(OC)cc1. The third-order valence-corrected chi connectivity index (χ3v) is 7.25. The quantitative estimate of drug-likeness (QED) is 0.487. The highest BCUT2D eigenvalue weighted by Gasteiger charge is 2.31. The average molecular weight is 434 g/mol. The monoisotopic (exact) mass is 433 g/mol. The maximum Gasteiger partial charge on any atom is 0.217 e. The van der Waals surface area contributed by atoms with Gasteiger partial charge in [-0.1, -0.05) is 30.3 Å². The lowest BCUT2D eigenvalue weighted by Crippen LogP contribution is -2.38. The Balaban J connectivity index is 2.34. The van der Waals surface area contributed by atoms with Gasteiger partial charge in [0.25, 0.3) is 0 Å². The van der Waals surface area contributed by atoms with Gasteiger partial charge >= 0.3 is 0 Å². The number of nitrogens with zero attached hydrogens (tertiary/aromatic N) is 1. The molecule has 0 aromatic heterocycles. The Bertz CT molecular complexity index is 829. The topological polar surface area (TPSA) is 76.1 Å². The van der Waals surface area contributed by atoms with E-state index >= 15 is 0 Å². The summed E-state index contributed by atoms with van der Waals surface area (Å²) in [6.45, 7) is 3.97. The Hall–Kier alpha value is -2.35. The van der Waals surface area contributed by atoms with E-state index in [1.54, 1.807) is 20.3 Å². The number of hydrogen-bond acceptors (Lipinski definition) is 5. The van der Waals surface area contributed by atoms with Crippen molar-refractivity contribution in [2.45, 2.75) is 37.6 Å². The van der Waals surface area contributed by atoms with Crippen molar-refractivity contribution < 1.29 is 23.0 Å². The van der Waals surface area contributed by atoms with E-state index in [0.29, 0.717) is 24.3 Å². The summed E-state index contributed by atoms with van der Waals surface area (Å²) in [6.07, 6.45) is 2.89. The zero-order chi connectivity index (χ0) is 22.0. The molecule has 164 valence electrons. The number of ether oxygens (including phenoxy) is 2. The first-order valence-electron chi connectivity index (χ1n) is 9.91. The van der Waals surface area contributed by atoms with Crippen LogP contribution in [0.4, 0.5) is 0 Å². The molecule has 0 spiro atoms. The van der Waals surface area contributed by atoms with Crippen LogP contribution in [0.15, 0.2) is 61.2 Å². The predicted molar refractivity (Wildman–Crippen MR) is 119 cm³/mol. The van der Waals surface area contributed by atoms with Crippen molar-refractivity contribution in [3.05, 3.63) is 72.3 Å². The Morgan fingerprint density at radius 2 is 1.40 bits per heavy atom. The number of sulfonamides is 1. The number of benzene rings is 2. The van der Waals surface area contributed by atoms with Gasteiger partial charge < -0.3 is 14.6 Å². The van der Waals surface area contributed by atoms with E-state index in [2.05, 4.69) is 6.58 Å². The van der Waals surface area contributed by atoms with Crippen molar-refractivity contribution in [2.24, 2.45) is 0 Å². The van der Waals surface area contributed by atoms with Crippen LogP contribution in [0.3, 0.4) is 0 Å². The largest absolute Gasteiger partial charge is 0.497 e. The molecule has 0 saturated carbocycles. The number of allylic oxidation sites excluding steroid dienone is 1. The van der Waals surface area contributed by atoms with Crippen molar-refractivity contribution in [2.75, 3.05) is 20.8 Å². The molecule has 0 radical (unpaired) electrons. The van der Waals surface area contributed by atoms with Crippen LogP contribution in [0.25, 0.3) is 0 Å². The Morgan fingerprint density at radius 1 is 0.933 bits per heavy atom. The summed E-state index contributed by atoms with van der Waals surface area (Å²) in [5.41, 5.74) is 1.72. The minimum Gasteiger partial charge on any atom is -0.497 e. The van der Waals surface area contributed by atoms with E-state index in [1.165, 1.54) is 4.31 Å². The lowest BCUT2D eigenvalue weighted by Gasteiger charge is -2.28. The van der Waals surface area contributed by atoms with Gasteiger partial charge in [-0.2, -0.15) is 4.31 Å². The zero-order valence-electron chi connectivity index (χ0n) is 17.7. The number of methoxy groups -OCH3 is 2. The number of hydrogen-bond donors (Lipinski definition) is 1. The molecule has 2 rings (SSSR count). The molecule has 1 atom stereocenters. The number of aliphatic hydroxyl groups is 1. The van der Waals surface area contributed by atoms with Gasteiger partial charge in [0.1, 0.15) is 11.5 Å². The molecule has 0 aliphatic carbocycles. The lowest BCUT2D eigenvalue weighted by atomic mass is 10.2. The molecule has 0 heterocycles. The second-order valence-corrected chi connectivity index (χ2v) is 9.22. The molecule has 0 aliphatic rings. The molecule has 0 unspecified atom stereocenters. The maximum atomic E-state index is 13.5. The molecule has 0 aliphatic heterocycles. The van der Waals surface area contributed by atoms with Crippen molar-refractivity contribution in [1.82, 2.24) is 4.31 Å². The van der Waals surface area contributed by atoms with E-state index in [4.69, 9.17) is 9.47 Å². The third kappa shape index (κ3) is 6.58. The van der Waals surface area contributed by atoms with E-state index in [1.807, 2.05) is 48.5 Å². The molecule has 30 heavy (non-hydrogen) atoms. The molecular weight excluding hydrogens is 402 g/mol.